The maximum atomic E-state index is 5.20. The fourth-order valence-electron chi connectivity index (χ4n) is 2.33. The normalized spacial score (nSPS) is 14.7. The molecule has 5 nitrogen and oxygen atoms in total. The van der Waals surface area contributed by atoms with Crippen LogP contribution in [0.4, 0.5) is 0 Å². The van der Waals surface area contributed by atoms with Crippen LogP contribution in [0.5, 0.6) is 0 Å². The maximum absolute atomic E-state index is 5.20. The fraction of sp³-hybridized carbons (Fsp3) is 0.938. The van der Waals surface area contributed by atoms with E-state index in [2.05, 4.69) is 33.7 Å². The van der Waals surface area contributed by atoms with Crippen molar-refractivity contribution in [3.05, 3.63) is 0 Å². The molecule has 138 valence electrons. The number of hydrogen-bond acceptors (Lipinski definition) is 4. The molecule has 0 aromatic rings. The molecule has 1 saturated carbocycles. The lowest BCUT2D eigenvalue weighted by Gasteiger charge is -2.22. The minimum Gasteiger partial charge on any atom is -0.383 e. The summed E-state index contributed by atoms with van der Waals surface area (Å²) in [5.41, 5.74) is 0. The highest BCUT2D eigenvalue weighted by Crippen LogP contribution is 2.25. The largest absolute Gasteiger partial charge is 0.383 e. The van der Waals surface area contributed by atoms with Crippen molar-refractivity contribution in [3.8, 4) is 0 Å². The highest BCUT2D eigenvalue weighted by atomic mass is 127. The molecule has 1 rings (SSSR count). The molecule has 0 aromatic carbocycles. The molecule has 23 heavy (non-hydrogen) atoms. The van der Waals surface area contributed by atoms with E-state index in [0.29, 0.717) is 0 Å². The minimum absolute atomic E-state index is 0. The molecule has 0 aliphatic heterocycles. The van der Waals surface area contributed by atoms with E-state index in [1.165, 1.54) is 31.4 Å². The van der Waals surface area contributed by atoms with Crippen molar-refractivity contribution >= 4 is 41.7 Å². The summed E-state index contributed by atoms with van der Waals surface area (Å²) in [6.07, 6.45) is 7.25. The average Bonchev–Trinajstić information content (AvgIpc) is 3.35. The molecule has 1 fully saturated rings. The van der Waals surface area contributed by atoms with E-state index in [0.717, 1.165) is 51.3 Å². The second kappa shape index (κ2) is 15.8. The average molecular weight is 458 g/mol. The third-order valence-electron chi connectivity index (χ3n) is 3.71. The quantitative estimate of drug-likeness (QED) is 0.192. The Bertz CT molecular complexity index is 304. The predicted molar refractivity (Wildman–Crippen MR) is 113 cm³/mol. The van der Waals surface area contributed by atoms with Crippen molar-refractivity contribution in [2.24, 2.45) is 4.99 Å². The molecule has 0 heterocycles. The Balaban J connectivity index is 0.00000484. The van der Waals surface area contributed by atoms with Gasteiger partial charge in [-0.15, -0.1) is 24.0 Å². The first kappa shape index (κ1) is 23.3. The van der Waals surface area contributed by atoms with Crippen molar-refractivity contribution in [3.63, 3.8) is 0 Å². The van der Waals surface area contributed by atoms with Crippen LogP contribution in [-0.2, 0) is 4.74 Å². The summed E-state index contributed by atoms with van der Waals surface area (Å²) in [5, 5.41) is 6.78. The summed E-state index contributed by atoms with van der Waals surface area (Å²) in [4.78, 5) is 7.17. The van der Waals surface area contributed by atoms with Crippen LogP contribution in [0.2, 0.25) is 0 Å². The van der Waals surface area contributed by atoms with E-state index in [1.807, 2.05) is 11.8 Å². The SMILES string of the molecule is CCNC(=NCCCCSC)NCCN(CCOC)C1CC1.I. The van der Waals surface area contributed by atoms with Crippen LogP contribution in [0, 0.1) is 0 Å². The van der Waals surface area contributed by atoms with Gasteiger partial charge in [0.05, 0.1) is 6.61 Å². The van der Waals surface area contributed by atoms with Crippen LogP contribution < -0.4 is 10.6 Å². The van der Waals surface area contributed by atoms with Gasteiger partial charge in [-0.1, -0.05) is 0 Å². The molecule has 1 aliphatic rings. The predicted octanol–water partition coefficient (Wildman–Crippen LogP) is 2.41. The molecular formula is C16H35IN4OS. The zero-order valence-corrected chi connectivity index (χ0v) is 18.1. The number of nitrogens with one attached hydrogen (secondary N) is 2. The van der Waals surface area contributed by atoms with Crippen molar-refractivity contribution in [2.75, 3.05) is 58.4 Å². The van der Waals surface area contributed by atoms with Crippen molar-refractivity contribution in [2.45, 2.75) is 38.6 Å². The first-order valence-corrected chi connectivity index (χ1v) is 9.95. The molecule has 0 radical (unpaired) electrons. The maximum Gasteiger partial charge on any atom is 0.191 e. The lowest BCUT2D eigenvalue weighted by Crippen LogP contribution is -2.42. The molecule has 7 heteroatoms. The number of ether oxygens (including phenoxy) is 1. The lowest BCUT2D eigenvalue weighted by molar-refractivity contribution is 0.144. The van der Waals surface area contributed by atoms with E-state index in [9.17, 15) is 0 Å². The number of unbranched alkanes of at least 4 members (excludes halogenated alkanes) is 1. The number of guanidine groups is 1. The van der Waals surface area contributed by atoms with Gasteiger partial charge in [0.25, 0.3) is 0 Å². The number of nitrogens with zero attached hydrogens (tertiary/aromatic N) is 2. The summed E-state index contributed by atoms with van der Waals surface area (Å²) < 4.78 is 5.20. The van der Waals surface area contributed by atoms with Crippen LogP contribution in [0.3, 0.4) is 0 Å². The highest BCUT2D eigenvalue weighted by Gasteiger charge is 2.28. The molecule has 1 aliphatic carbocycles. The first-order valence-electron chi connectivity index (χ1n) is 8.56. The van der Waals surface area contributed by atoms with Crippen LogP contribution in [0.25, 0.3) is 0 Å². The number of rotatable bonds is 13. The van der Waals surface area contributed by atoms with Gasteiger partial charge in [-0.2, -0.15) is 11.8 Å². The minimum atomic E-state index is 0. The number of hydrogen-bond donors (Lipinski definition) is 2. The van der Waals surface area contributed by atoms with E-state index in [-0.39, 0.29) is 24.0 Å². The number of aliphatic imine (C=N–C) groups is 1. The summed E-state index contributed by atoms with van der Waals surface area (Å²) in [6, 6.07) is 0.781. The van der Waals surface area contributed by atoms with Gasteiger partial charge in [0.2, 0.25) is 0 Å². The molecule has 2 N–H and O–H groups in total. The molecule has 0 bridgehead atoms. The number of thioether (sulfide) groups is 1. The van der Waals surface area contributed by atoms with Gasteiger partial charge in [-0.25, -0.2) is 0 Å². The summed E-state index contributed by atoms with van der Waals surface area (Å²) in [5.74, 6) is 2.18. The molecule has 0 aromatic heterocycles. The van der Waals surface area contributed by atoms with E-state index >= 15 is 0 Å². The van der Waals surface area contributed by atoms with E-state index in [4.69, 9.17) is 4.74 Å². The van der Waals surface area contributed by atoms with Gasteiger partial charge in [0.1, 0.15) is 0 Å². The fourth-order valence-corrected chi connectivity index (χ4v) is 2.83. The molecule has 0 amide bonds. The molecule has 0 spiro atoms. The topological polar surface area (TPSA) is 48.9 Å². The van der Waals surface area contributed by atoms with Crippen molar-refractivity contribution in [1.29, 1.82) is 0 Å². The summed E-state index contributed by atoms with van der Waals surface area (Å²) in [7, 11) is 1.77. The third-order valence-corrected chi connectivity index (χ3v) is 4.40. The second-order valence-corrected chi connectivity index (χ2v) is 6.63. The second-order valence-electron chi connectivity index (χ2n) is 5.65. The lowest BCUT2D eigenvalue weighted by atomic mass is 10.3. The monoisotopic (exact) mass is 458 g/mol. The van der Waals surface area contributed by atoms with Gasteiger partial charge in [0, 0.05) is 45.9 Å². The van der Waals surface area contributed by atoms with Crippen LogP contribution in [0.15, 0.2) is 4.99 Å². The Labute approximate surface area is 163 Å². The zero-order valence-electron chi connectivity index (χ0n) is 15.0. The Morgan fingerprint density at radius 2 is 2.04 bits per heavy atom. The van der Waals surface area contributed by atoms with Gasteiger partial charge >= 0.3 is 0 Å². The van der Waals surface area contributed by atoms with Crippen LogP contribution >= 0.6 is 35.7 Å². The number of methoxy groups -OCH3 is 1. The Kier molecular flexibility index (Phi) is 16.0. The van der Waals surface area contributed by atoms with E-state index in [1.54, 1.807) is 7.11 Å². The Hall–Kier alpha value is 0.270. The van der Waals surface area contributed by atoms with Crippen molar-refractivity contribution in [1.82, 2.24) is 15.5 Å². The summed E-state index contributed by atoms with van der Waals surface area (Å²) in [6.45, 7) is 7.78. The highest BCUT2D eigenvalue weighted by molar-refractivity contribution is 14.0. The Morgan fingerprint density at radius 1 is 1.26 bits per heavy atom. The van der Waals surface area contributed by atoms with E-state index < -0.39 is 0 Å². The molecule has 0 atom stereocenters. The smallest absolute Gasteiger partial charge is 0.191 e. The summed E-state index contributed by atoms with van der Waals surface area (Å²) >= 11 is 1.91. The molecule has 0 saturated heterocycles. The zero-order chi connectivity index (χ0) is 16.0. The van der Waals surface area contributed by atoms with Crippen LogP contribution in [0.1, 0.15) is 32.6 Å². The Morgan fingerprint density at radius 3 is 2.65 bits per heavy atom. The van der Waals surface area contributed by atoms with Gasteiger partial charge in [-0.3, -0.25) is 9.89 Å². The van der Waals surface area contributed by atoms with Gasteiger partial charge in [-0.05, 0) is 44.6 Å². The van der Waals surface area contributed by atoms with Gasteiger partial charge < -0.3 is 15.4 Å². The molecular weight excluding hydrogens is 423 g/mol. The first-order chi connectivity index (χ1) is 10.8. The van der Waals surface area contributed by atoms with Crippen molar-refractivity contribution < 1.29 is 4.74 Å². The molecule has 0 unspecified atom stereocenters. The standard InChI is InChI=1S/C16H34N4OS.HI/c1-4-17-16(18-9-5-6-14-22-3)19-10-11-20(12-13-21-2)15-7-8-15;/h15H,4-14H2,1-3H3,(H2,17,18,19);1H. The van der Waals surface area contributed by atoms with Crippen LogP contribution in [-0.4, -0.2) is 75.4 Å². The van der Waals surface area contributed by atoms with Gasteiger partial charge in [0.15, 0.2) is 5.96 Å². The third kappa shape index (κ3) is 12.3. The number of halogens is 1.